The molecule has 2 rings (SSSR count). The van der Waals surface area contributed by atoms with Gasteiger partial charge in [0.1, 0.15) is 5.52 Å². The van der Waals surface area contributed by atoms with E-state index in [0.717, 1.165) is 11.1 Å². The number of nitrogens with two attached hydrogens (primary N) is 1. The maximum absolute atomic E-state index is 5.93. The van der Waals surface area contributed by atoms with Crippen LogP contribution in [0.4, 0.5) is 6.01 Å². The Morgan fingerprint density at radius 2 is 2.12 bits per heavy atom. The number of fused-ring (bicyclic) bond motifs is 1. The Bertz CT molecular complexity index is 431. The number of hydrogen-bond acceptors (Lipinski definition) is 4. The summed E-state index contributed by atoms with van der Waals surface area (Å²) in [4.78, 5) is 4.31. The van der Waals surface area contributed by atoms with Crippen LogP contribution in [0.1, 0.15) is 13.8 Å². The predicted molar refractivity (Wildman–Crippen MR) is 65.3 cm³/mol. The highest BCUT2D eigenvalue weighted by Crippen LogP contribution is 2.17. The molecule has 0 saturated heterocycles. The van der Waals surface area contributed by atoms with Crippen molar-refractivity contribution in [1.82, 2.24) is 4.98 Å². The fourth-order valence-electron chi connectivity index (χ4n) is 1.39. The first kappa shape index (κ1) is 11.0. The summed E-state index contributed by atoms with van der Waals surface area (Å²) in [6.07, 6.45) is 0. The summed E-state index contributed by atoms with van der Waals surface area (Å²) >= 11 is 0. The highest BCUT2D eigenvalue weighted by Gasteiger charge is 2.09. The number of aromatic nitrogens is 1. The van der Waals surface area contributed by atoms with E-state index >= 15 is 0 Å². The number of oxazole rings is 1. The molecule has 1 aromatic carbocycles. The molecule has 0 bridgehead atoms. The van der Waals surface area contributed by atoms with Crippen LogP contribution in [0.2, 0.25) is 0 Å². The predicted octanol–water partition coefficient (Wildman–Crippen LogP) is 2.22. The smallest absolute Gasteiger partial charge is 0.295 e. The van der Waals surface area contributed by atoms with E-state index in [2.05, 4.69) is 24.1 Å². The van der Waals surface area contributed by atoms with E-state index in [1.54, 1.807) is 0 Å². The van der Waals surface area contributed by atoms with Gasteiger partial charge in [0.05, 0.1) is 0 Å². The van der Waals surface area contributed by atoms with E-state index in [4.69, 9.17) is 10.2 Å². The molecule has 86 valence electrons. The van der Waals surface area contributed by atoms with Gasteiger partial charge in [-0.3, -0.25) is 0 Å². The Morgan fingerprint density at radius 1 is 1.38 bits per heavy atom. The van der Waals surface area contributed by atoms with Crippen molar-refractivity contribution in [3.05, 3.63) is 24.3 Å². The molecule has 2 aromatic rings. The maximum atomic E-state index is 5.93. The summed E-state index contributed by atoms with van der Waals surface area (Å²) in [6.45, 7) is 4.86. The third-order valence-corrected chi connectivity index (χ3v) is 2.64. The van der Waals surface area contributed by atoms with Crippen molar-refractivity contribution in [3.8, 4) is 0 Å². The summed E-state index contributed by atoms with van der Waals surface area (Å²) in [5, 5.41) is 3.11. The van der Waals surface area contributed by atoms with Crippen molar-refractivity contribution in [2.75, 3.05) is 11.9 Å². The SMILES string of the molecule is CC(C)C(N)CNc1nc2ccccc2o1. The second-order valence-corrected chi connectivity index (χ2v) is 4.28. The second kappa shape index (κ2) is 4.53. The van der Waals surface area contributed by atoms with Crippen molar-refractivity contribution in [3.63, 3.8) is 0 Å². The average Bonchev–Trinajstić information content (AvgIpc) is 2.68. The molecule has 1 atom stereocenters. The van der Waals surface area contributed by atoms with E-state index in [1.165, 1.54) is 0 Å². The summed E-state index contributed by atoms with van der Waals surface area (Å²) in [5.74, 6) is 0.442. The molecule has 0 aliphatic heterocycles. The number of anilines is 1. The number of rotatable bonds is 4. The molecule has 0 aliphatic rings. The second-order valence-electron chi connectivity index (χ2n) is 4.28. The van der Waals surface area contributed by atoms with Crippen molar-refractivity contribution in [2.24, 2.45) is 11.7 Å². The van der Waals surface area contributed by atoms with Crippen molar-refractivity contribution < 1.29 is 4.42 Å². The highest BCUT2D eigenvalue weighted by molar-refractivity contribution is 5.74. The lowest BCUT2D eigenvalue weighted by Crippen LogP contribution is -2.34. The number of nitrogens with zero attached hydrogens (tertiary/aromatic N) is 1. The van der Waals surface area contributed by atoms with Gasteiger partial charge < -0.3 is 15.5 Å². The number of hydrogen-bond donors (Lipinski definition) is 2. The molecule has 0 spiro atoms. The van der Waals surface area contributed by atoms with Gasteiger partial charge in [0, 0.05) is 12.6 Å². The van der Waals surface area contributed by atoms with Gasteiger partial charge in [0.2, 0.25) is 0 Å². The third-order valence-electron chi connectivity index (χ3n) is 2.64. The quantitative estimate of drug-likeness (QED) is 0.827. The number of benzene rings is 1. The zero-order valence-electron chi connectivity index (χ0n) is 9.60. The molecule has 0 fully saturated rings. The summed E-state index contributed by atoms with van der Waals surface area (Å²) in [5.41, 5.74) is 7.59. The molecule has 4 heteroatoms. The zero-order valence-corrected chi connectivity index (χ0v) is 9.60. The minimum atomic E-state index is 0.106. The van der Waals surface area contributed by atoms with Gasteiger partial charge in [-0.15, -0.1) is 0 Å². The maximum Gasteiger partial charge on any atom is 0.295 e. The lowest BCUT2D eigenvalue weighted by molar-refractivity contribution is 0.503. The average molecular weight is 219 g/mol. The molecule has 3 N–H and O–H groups in total. The molecule has 0 saturated carbocycles. The molecule has 1 unspecified atom stereocenters. The Kier molecular flexibility index (Phi) is 3.10. The summed E-state index contributed by atoms with van der Waals surface area (Å²) < 4.78 is 5.52. The van der Waals surface area contributed by atoms with Crippen LogP contribution in [0, 0.1) is 5.92 Å². The van der Waals surface area contributed by atoms with Crippen LogP contribution in [0.15, 0.2) is 28.7 Å². The zero-order chi connectivity index (χ0) is 11.5. The topological polar surface area (TPSA) is 64.1 Å². The Labute approximate surface area is 94.8 Å². The van der Waals surface area contributed by atoms with Crippen molar-refractivity contribution in [2.45, 2.75) is 19.9 Å². The van der Waals surface area contributed by atoms with E-state index in [1.807, 2.05) is 24.3 Å². The normalized spacial score (nSPS) is 13.2. The fourth-order valence-corrected chi connectivity index (χ4v) is 1.39. The van der Waals surface area contributed by atoms with Gasteiger partial charge in [-0.25, -0.2) is 0 Å². The molecule has 0 radical (unpaired) electrons. The molecular weight excluding hydrogens is 202 g/mol. The largest absolute Gasteiger partial charge is 0.424 e. The lowest BCUT2D eigenvalue weighted by Gasteiger charge is -2.14. The fraction of sp³-hybridized carbons (Fsp3) is 0.417. The van der Waals surface area contributed by atoms with Gasteiger partial charge in [-0.05, 0) is 18.1 Å². The van der Waals surface area contributed by atoms with E-state index in [9.17, 15) is 0 Å². The minimum absolute atomic E-state index is 0.106. The van der Waals surface area contributed by atoms with E-state index < -0.39 is 0 Å². The first-order valence-corrected chi connectivity index (χ1v) is 5.52. The molecule has 0 aliphatic carbocycles. The molecular formula is C12H17N3O. The van der Waals surface area contributed by atoms with Crippen molar-refractivity contribution in [1.29, 1.82) is 0 Å². The van der Waals surface area contributed by atoms with Gasteiger partial charge in [0.25, 0.3) is 6.01 Å². The first-order valence-electron chi connectivity index (χ1n) is 5.52. The Balaban J connectivity index is 2.05. The molecule has 1 aromatic heterocycles. The molecule has 0 amide bonds. The molecule has 4 nitrogen and oxygen atoms in total. The van der Waals surface area contributed by atoms with Crippen LogP contribution in [0.3, 0.4) is 0 Å². The Hall–Kier alpha value is -1.55. The van der Waals surface area contributed by atoms with E-state index in [-0.39, 0.29) is 6.04 Å². The standard InChI is InChI=1S/C12H17N3O/c1-8(2)9(13)7-14-12-15-10-5-3-4-6-11(10)16-12/h3-6,8-9H,7,13H2,1-2H3,(H,14,15). The Morgan fingerprint density at radius 3 is 2.81 bits per heavy atom. The van der Waals surface area contributed by atoms with Crippen LogP contribution in [0.5, 0.6) is 0 Å². The monoisotopic (exact) mass is 219 g/mol. The van der Waals surface area contributed by atoms with E-state index in [0.29, 0.717) is 18.5 Å². The van der Waals surface area contributed by atoms with Gasteiger partial charge in [-0.1, -0.05) is 26.0 Å². The first-order chi connectivity index (χ1) is 7.66. The van der Waals surface area contributed by atoms with Crippen LogP contribution in [0.25, 0.3) is 11.1 Å². The van der Waals surface area contributed by atoms with Gasteiger partial charge >= 0.3 is 0 Å². The van der Waals surface area contributed by atoms with Crippen LogP contribution in [-0.4, -0.2) is 17.6 Å². The molecule has 16 heavy (non-hydrogen) atoms. The number of para-hydroxylation sites is 2. The van der Waals surface area contributed by atoms with Crippen LogP contribution >= 0.6 is 0 Å². The minimum Gasteiger partial charge on any atom is -0.424 e. The summed E-state index contributed by atoms with van der Waals surface area (Å²) in [7, 11) is 0. The number of nitrogens with one attached hydrogen (secondary N) is 1. The lowest BCUT2D eigenvalue weighted by atomic mass is 10.1. The van der Waals surface area contributed by atoms with Gasteiger partial charge in [-0.2, -0.15) is 4.98 Å². The van der Waals surface area contributed by atoms with Gasteiger partial charge in [0.15, 0.2) is 5.58 Å². The highest BCUT2D eigenvalue weighted by atomic mass is 16.4. The molecule has 1 heterocycles. The van der Waals surface area contributed by atoms with Crippen LogP contribution in [-0.2, 0) is 0 Å². The van der Waals surface area contributed by atoms with Crippen LogP contribution < -0.4 is 11.1 Å². The third kappa shape index (κ3) is 2.33. The van der Waals surface area contributed by atoms with Crippen molar-refractivity contribution >= 4 is 17.1 Å². The summed E-state index contributed by atoms with van der Waals surface area (Å²) in [6, 6.07) is 8.33.